The summed E-state index contributed by atoms with van der Waals surface area (Å²) < 4.78 is 5.67. The first-order valence-electron chi connectivity index (χ1n) is 5.24. The molecule has 0 aliphatic carbocycles. The minimum absolute atomic E-state index is 0.534. The Morgan fingerprint density at radius 2 is 1.83 bits per heavy atom. The number of halogens is 3. The Morgan fingerprint density at radius 3 is 2.39 bits per heavy atom. The van der Waals surface area contributed by atoms with Gasteiger partial charge in [-0.1, -0.05) is 39.1 Å². The number of hydrogen-bond acceptors (Lipinski definition) is 2. The molecule has 0 aliphatic heterocycles. The summed E-state index contributed by atoms with van der Waals surface area (Å²) in [5.74, 6) is 1.13. The number of benzene rings is 1. The maximum atomic E-state index is 5.91. The molecule has 0 atom stereocenters. The van der Waals surface area contributed by atoms with Crippen LogP contribution in [0.5, 0.6) is 11.6 Å². The van der Waals surface area contributed by atoms with Crippen LogP contribution in [0.4, 0.5) is 0 Å². The van der Waals surface area contributed by atoms with E-state index < -0.39 is 0 Å². The molecule has 0 saturated heterocycles. The second-order valence-electron chi connectivity index (χ2n) is 3.81. The van der Waals surface area contributed by atoms with E-state index in [1.54, 1.807) is 24.4 Å². The van der Waals surface area contributed by atoms with Crippen LogP contribution in [0.3, 0.4) is 0 Å². The Bertz CT molecular complexity index is 555. The van der Waals surface area contributed by atoms with Crippen molar-refractivity contribution in [1.82, 2.24) is 4.98 Å². The maximum absolute atomic E-state index is 5.91. The predicted octanol–water partition coefficient (Wildman–Crippen LogP) is 5.38. The third-order valence-corrected chi connectivity index (χ3v) is 3.38. The van der Waals surface area contributed by atoms with Crippen LogP contribution < -0.4 is 4.74 Å². The molecule has 0 aliphatic rings. The van der Waals surface area contributed by atoms with Gasteiger partial charge in [-0.3, -0.25) is 0 Å². The van der Waals surface area contributed by atoms with Gasteiger partial charge >= 0.3 is 0 Å². The van der Waals surface area contributed by atoms with Crippen LogP contribution in [0.25, 0.3) is 0 Å². The highest BCUT2D eigenvalue weighted by Crippen LogP contribution is 2.29. The van der Waals surface area contributed by atoms with Crippen molar-refractivity contribution in [3.63, 3.8) is 0 Å². The largest absolute Gasteiger partial charge is 0.439 e. The summed E-state index contributed by atoms with van der Waals surface area (Å²) >= 11 is 15.2. The SMILES string of the molecule is Cc1cc(CBr)cnc1Oc1cc(Cl)cc(Cl)c1. The van der Waals surface area contributed by atoms with Gasteiger partial charge in [-0.2, -0.15) is 0 Å². The van der Waals surface area contributed by atoms with Gasteiger partial charge in [0.1, 0.15) is 5.75 Å². The number of pyridine rings is 1. The summed E-state index contributed by atoms with van der Waals surface area (Å²) in [5, 5.41) is 1.84. The van der Waals surface area contributed by atoms with Gasteiger partial charge in [-0.15, -0.1) is 0 Å². The minimum atomic E-state index is 0.534. The standard InChI is InChI=1S/C13H10BrCl2NO/c1-8-2-9(6-14)7-17-13(8)18-12-4-10(15)3-11(16)5-12/h2-5,7H,6H2,1H3. The monoisotopic (exact) mass is 345 g/mol. The molecule has 0 fully saturated rings. The zero-order valence-corrected chi connectivity index (χ0v) is 12.7. The van der Waals surface area contributed by atoms with E-state index in [0.717, 1.165) is 16.5 Å². The molecule has 0 spiro atoms. The van der Waals surface area contributed by atoms with Gasteiger partial charge in [0, 0.05) is 27.1 Å². The molecule has 1 heterocycles. The molecule has 0 unspecified atom stereocenters. The van der Waals surface area contributed by atoms with Gasteiger partial charge in [-0.25, -0.2) is 4.98 Å². The first kappa shape index (κ1) is 13.7. The van der Waals surface area contributed by atoms with E-state index in [1.807, 2.05) is 13.0 Å². The number of ether oxygens (including phenoxy) is 1. The second-order valence-corrected chi connectivity index (χ2v) is 5.24. The molecule has 18 heavy (non-hydrogen) atoms. The van der Waals surface area contributed by atoms with Crippen LogP contribution in [0.2, 0.25) is 10.0 Å². The van der Waals surface area contributed by atoms with Crippen LogP contribution in [0.1, 0.15) is 11.1 Å². The number of aromatic nitrogens is 1. The molecule has 0 saturated carbocycles. The smallest absolute Gasteiger partial charge is 0.222 e. The Hall–Kier alpha value is -0.770. The fraction of sp³-hybridized carbons (Fsp3) is 0.154. The Labute approximate surface area is 124 Å². The van der Waals surface area contributed by atoms with E-state index in [2.05, 4.69) is 20.9 Å². The third kappa shape index (κ3) is 3.37. The van der Waals surface area contributed by atoms with E-state index in [-0.39, 0.29) is 0 Å². The quantitative estimate of drug-likeness (QED) is 0.695. The number of alkyl halides is 1. The van der Waals surface area contributed by atoms with Crippen molar-refractivity contribution < 1.29 is 4.74 Å². The highest BCUT2D eigenvalue weighted by molar-refractivity contribution is 9.08. The van der Waals surface area contributed by atoms with Crippen LogP contribution in [-0.4, -0.2) is 4.98 Å². The number of nitrogens with zero attached hydrogens (tertiary/aromatic N) is 1. The van der Waals surface area contributed by atoms with Crippen molar-refractivity contribution in [3.05, 3.63) is 51.6 Å². The van der Waals surface area contributed by atoms with Crippen molar-refractivity contribution in [2.45, 2.75) is 12.3 Å². The lowest BCUT2D eigenvalue weighted by molar-refractivity contribution is 0.458. The van der Waals surface area contributed by atoms with Crippen molar-refractivity contribution in [2.75, 3.05) is 0 Å². The van der Waals surface area contributed by atoms with Gasteiger partial charge in [0.25, 0.3) is 0 Å². The first-order valence-corrected chi connectivity index (χ1v) is 7.11. The molecular weight excluding hydrogens is 337 g/mol. The molecule has 1 aromatic heterocycles. The lowest BCUT2D eigenvalue weighted by Crippen LogP contribution is -1.93. The van der Waals surface area contributed by atoms with Gasteiger partial charge in [0.15, 0.2) is 0 Å². The lowest BCUT2D eigenvalue weighted by Gasteiger charge is -2.09. The van der Waals surface area contributed by atoms with Crippen LogP contribution in [-0.2, 0) is 5.33 Å². The van der Waals surface area contributed by atoms with E-state index in [9.17, 15) is 0 Å². The normalized spacial score (nSPS) is 10.4. The predicted molar refractivity (Wildman–Crippen MR) is 78.1 cm³/mol. The first-order chi connectivity index (χ1) is 8.58. The molecule has 0 radical (unpaired) electrons. The Kier molecular flexibility index (Phi) is 4.49. The molecule has 94 valence electrons. The Morgan fingerprint density at radius 1 is 1.17 bits per heavy atom. The molecule has 5 heteroatoms. The van der Waals surface area contributed by atoms with E-state index in [1.165, 1.54) is 0 Å². The van der Waals surface area contributed by atoms with E-state index in [0.29, 0.717) is 21.7 Å². The zero-order valence-electron chi connectivity index (χ0n) is 9.58. The van der Waals surface area contributed by atoms with Crippen molar-refractivity contribution in [2.24, 2.45) is 0 Å². The number of aryl methyl sites for hydroxylation is 1. The molecular formula is C13H10BrCl2NO. The third-order valence-electron chi connectivity index (χ3n) is 2.29. The van der Waals surface area contributed by atoms with Gasteiger partial charge in [-0.05, 0) is 36.8 Å². The topological polar surface area (TPSA) is 22.1 Å². The number of rotatable bonds is 3. The fourth-order valence-electron chi connectivity index (χ4n) is 1.50. The van der Waals surface area contributed by atoms with Gasteiger partial charge in [0.05, 0.1) is 0 Å². The summed E-state index contributed by atoms with van der Waals surface area (Å²) in [4.78, 5) is 4.27. The molecule has 2 nitrogen and oxygen atoms in total. The highest BCUT2D eigenvalue weighted by atomic mass is 79.9. The summed E-state index contributed by atoms with van der Waals surface area (Å²) in [7, 11) is 0. The molecule has 1 aromatic carbocycles. The van der Waals surface area contributed by atoms with Crippen LogP contribution >= 0.6 is 39.1 Å². The summed E-state index contributed by atoms with van der Waals surface area (Å²) in [6.07, 6.45) is 1.77. The molecule has 0 amide bonds. The maximum Gasteiger partial charge on any atom is 0.222 e. The summed E-state index contributed by atoms with van der Waals surface area (Å²) in [5.41, 5.74) is 2.06. The summed E-state index contributed by atoms with van der Waals surface area (Å²) in [6, 6.07) is 7.08. The van der Waals surface area contributed by atoms with Crippen molar-refractivity contribution >= 4 is 39.1 Å². The minimum Gasteiger partial charge on any atom is -0.439 e. The lowest BCUT2D eigenvalue weighted by atomic mass is 10.2. The average molecular weight is 347 g/mol. The van der Waals surface area contributed by atoms with E-state index in [4.69, 9.17) is 27.9 Å². The van der Waals surface area contributed by atoms with Gasteiger partial charge in [0.2, 0.25) is 5.88 Å². The fourth-order valence-corrected chi connectivity index (χ4v) is 2.31. The molecule has 0 N–H and O–H groups in total. The molecule has 2 aromatic rings. The Balaban J connectivity index is 2.28. The van der Waals surface area contributed by atoms with Crippen LogP contribution in [0, 0.1) is 6.92 Å². The number of hydrogen-bond donors (Lipinski definition) is 0. The average Bonchev–Trinajstić information content (AvgIpc) is 2.30. The van der Waals surface area contributed by atoms with Crippen LogP contribution in [0.15, 0.2) is 30.5 Å². The van der Waals surface area contributed by atoms with Crippen molar-refractivity contribution in [3.8, 4) is 11.6 Å². The van der Waals surface area contributed by atoms with Gasteiger partial charge < -0.3 is 4.74 Å². The molecule has 0 bridgehead atoms. The van der Waals surface area contributed by atoms with Crippen molar-refractivity contribution in [1.29, 1.82) is 0 Å². The highest BCUT2D eigenvalue weighted by Gasteiger charge is 2.06. The zero-order chi connectivity index (χ0) is 13.1. The molecule has 2 rings (SSSR count). The summed E-state index contributed by atoms with van der Waals surface area (Å²) in [6.45, 7) is 1.95. The second kappa shape index (κ2) is 5.91. The van der Waals surface area contributed by atoms with E-state index >= 15 is 0 Å².